The fraction of sp³-hybridized carbons (Fsp3) is 0.571. The Labute approximate surface area is 67.3 Å². The first-order valence-electron chi connectivity index (χ1n) is 3.30. The first kappa shape index (κ1) is 10.2. The van der Waals surface area contributed by atoms with Gasteiger partial charge in [0, 0.05) is 0 Å². The molecule has 0 aromatic heterocycles. The summed E-state index contributed by atoms with van der Waals surface area (Å²) in [6, 6.07) is 1.62. The van der Waals surface area contributed by atoms with Crippen LogP contribution in [0, 0.1) is 11.3 Å². The molecule has 0 unspecified atom stereocenters. The van der Waals surface area contributed by atoms with Gasteiger partial charge in [0.25, 0.3) is 0 Å². The molecule has 0 bridgehead atoms. The van der Waals surface area contributed by atoms with Crippen LogP contribution < -0.4 is 0 Å². The van der Waals surface area contributed by atoms with Crippen molar-refractivity contribution in [2.45, 2.75) is 12.8 Å². The molecule has 0 N–H and O–H groups in total. The predicted octanol–water partition coefficient (Wildman–Crippen LogP) is 0.891. The average Bonchev–Trinajstić information content (AvgIpc) is 1.87. The van der Waals surface area contributed by atoms with Gasteiger partial charge in [0.15, 0.2) is 9.84 Å². The predicted molar refractivity (Wildman–Crippen MR) is 43.7 cm³/mol. The number of allylic oxidation sites excluding steroid dienone is 1. The number of nitriles is 1. The second kappa shape index (κ2) is 4.91. The Balaban J connectivity index is 3.76. The minimum absolute atomic E-state index is 0.0899. The Kier molecular flexibility index (Phi) is 4.55. The van der Waals surface area contributed by atoms with E-state index in [0.717, 1.165) is 0 Å². The van der Waals surface area contributed by atoms with E-state index in [-0.39, 0.29) is 11.5 Å². The highest BCUT2D eigenvalue weighted by atomic mass is 32.2. The molecule has 0 aliphatic heterocycles. The van der Waals surface area contributed by atoms with Crippen LogP contribution in [-0.2, 0) is 9.84 Å². The lowest BCUT2D eigenvalue weighted by molar-refractivity contribution is 0.597. The molecule has 0 spiro atoms. The number of hydrogen-bond donors (Lipinski definition) is 0. The van der Waals surface area contributed by atoms with E-state index in [9.17, 15) is 8.42 Å². The monoisotopic (exact) mass is 173 g/mol. The molecule has 0 saturated heterocycles. The number of sulfone groups is 1. The zero-order chi connectivity index (χ0) is 8.74. The molecule has 4 heteroatoms. The van der Waals surface area contributed by atoms with Gasteiger partial charge in [-0.15, -0.1) is 6.58 Å². The third kappa shape index (κ3) is 5.62. The second-order valence-electron chi connectivity index (χ2n) is 2.18. The van der Waals surface area contributed by atoms with Crippen LogP contribution in [0.3, 0.4) is 0 Å². The zero-order valence-corrected chi connectivity index (χ0v) is 7.10. The summed E-state index contributed by atoms with van der Waals surface area (Å²) in [5.41, 5.74) is 0. The molecule has 0 saturated carbocycles. The van der Waals surface area contributed by atoms with Gasteiger partial charge in [-0.1, -0.05) is 6.08 Å². The van der Waals surface area contributed by atoms with Gasteiger partial charge in [-0.2, -0.15) is 5.26 Å². The van der Waals surface area contributed by atoms with Gasteiger partial charge in [-0.3, -0.25) is 0 Å². The lowest BCUT2D eigenvalue weighted by atomic mass is 10.3. The third-order valence-corrected chi connectivity index (χ3v) is 2.63. The van der Waals surface area contributed by atoms with E-state index in [1.807, 2.05) is 0 Å². The summed E-state index contributed by atoms with van der Waals surface area (Å²) < 4.78 is 21.7. The number of hydrogen-bond acceptors (Lipinski definition) is 3. The summed E-state index contributed by atoms with van der Waals surface area (Å²) in [4.78, 5) is 0. The summed E-state index contributed by atoms with van der Waals surface area (Å²) >= 11 is 0. The van der Waals surface area contributed by atoms with Gasteiger partial charge in [0.05, 0.1) is 11.8 Å². The van der Waals surface area contributed by atoms with Gasteiger partial charge in [-0.25, -0.2) is 8.42 Å². The van der Waals surface area contributed by atoms with Crippen LogP contribution >= 0.6 is 0 Å². The molecular weight excluding hydrogens is 162 g/mol. The molecule has 0 radical (unpaired) electrons. The molecule has 0 aliphatic rings. The Bertz CT molecular complexity index is 248. The Hall–Kier alpha value is -0.820. The first-order chi connectivity index (χ1) is 5.12. The topological polar surface area (TPSA) is 57.9 Å². The van der Waals surface area contributed by atoms with Crippen LogP contribution in [-0.4, -0.2) is 19.9 Å². The van der Waals surface area contributed by atoms with Gasteiger partial charge < -0.3 is 0 Å². The molecular formula is C7H11NO2S. The molecule has 0 aromatic carbocycles. The van der Waals surface area contributed by atoms with Crippen molar-refractivity contribution < 1.29 is 8.42 Å². The molecule has 0 aromatic rings. The van der Waals surface area contributed by atoms with Crippen LogP contribution in [0.1, 0.15) is 12.8 Å². The minimum atomic E-state index is -3.11. The summed E-state index contributed by atoms with van der Waals surface area (Å²) in [5, 5.41) is 8.11. The zero-order valence-electron chi connectivity index (χ0n) is 6.28. The summed E-state index contributed by atoms with van der Waals surface area (Å²) in [7, 11) is -3.11. The SMILES string of the molecule is C=CCCCS(=O)(=O)CC#N. The number of rotatable bonds is 5. The molecule has 0 heterocycles. The van der Waals surface area contributed by atoms with Gasteiger partial charge in [0.2, 0.25) is 0 Å². The summed E-state index contributed by atoms with van der Waals surface area (Å²) in [6.45, 7) is 3.47. The van der Waals surface area contributed by atoms with E-state index in [1.165, 1.54) is 0 Å². The van der Waals surface area contributed by atoms with E-state index < -0.39 is 9.84 Å². The van der Waals surface area contributed by atoms with E-state index in [2.05, 4.69) is 6.58 Å². The molecule has 0 atom stereocenters. The van der Waals surface area contributed by atoms with Crippen molar-refractivity contribution in [3.63, 3.8) is 0 Å². The summed E-state index contributed by atoms with van der Waals surface area (Å²) in [5.74, 6) is -0.281. The normalized spacial score (nSPS) is 10.5. The first-order valence-corrected chi connectivity index (χ1v) is 5.13. The quantitative estimate of drug-likeness (QED) is 0.458. The smallest absolute Gasteiger partial charge is 0.163 e. The van der Waals surface area contributed by atoms with Crippen molar-refractivity contribution >= 4 is 9.84 Å². The van der Waals surface area contributed by atoms with Crippen molar-refractivity contribution in [2.75, 3.05) is 11.5 Å². The fourth-order valence-corrected chi connectivity index (χ4v) is 1.57. The summed E-state index contributed by atoms with van der Waals surface area (Å²) in [6.07, 6.45) is 2.92. The molecule has 62 valence electrons. The maximum absolute atomic E-state index is 10.8. The number of nitrogens with zero attached hydrogens (tertiary/aromatic N) is 1. The standard InChI is InChI=1S/C7H11NO2S/c1-2-3-4-6-11(9,10)7-5-8/h2H,1,3-4,6-7H2. The Morgan fingerprint density at radius 3 is 2.64 bits per heavy atom. The molecule has 0 amide bonds. The number of unbranched alkanes of at least 4 members (excludes halogenated alkanes) is 1. The highest BCUT2D eigenvalue weighted by Gasteiger charge is 2.07. The average molecular weight is 173 g/mol. The van der Waals surface area contributed by atoms with Gasteiger partial charge in [-0.05, 0) is 12.8 Å². The minimum Gasteiger partial charge on any atom is -0.228 e. The maximum Gasteiger partial charge on any atom is 0.163 e. The lowest BCUT2D eigenvalue weighted by Crippen LogP contribution is -2.09. The van der Waals surface area contributed by atoms with E-state index >= 15 is 0 Å². The van der Waals surface area contributed by atoms with Crippen LogP contribution in [0.15, 0.2) is 12.7 Å². The van der Waals surface area contributed by atoms with Crippen molar-refractivity contribution in [1.29, 1.82) is 5.26 Å². The fourth-order valence-electron chi connectivity index (χ4n) is 0.618. The highest BCUT2D eigenvalue weighted by Crippen LogP contribution is 1.96. The van der Waals surface area contributed by atoms with Gasteiger partial charge >= 0.3 is 0 Å². The van der Waals surface area contributed by atoms with Crippen molar-refractivity contribution in [2.24, 2.45) is 0 Å². The Morgan fingerprint density at radius 2 is 2.18 bits per heavy atom. The largest absolute Gasteiger partial charge is 0.228 e. The van der Waals surface area contributed by atoms with Crippen molar-refractivity contribution in [3.8, 4) is 6.07 Å². The molecule has 0 rings (SSSR count). The molecule has 0 fully saturated rings. The third-order valence-electron chi connectivity index (χ3n) is 1.15. The van der Waals surface area contributed by atoms with Crippen LogP contribution in [0.25, 0.3) is 0 Å². The van der Waals surface area contributed by atoms with Crippen LogP contribution in [0.2, 0.25) is 0 Å². The molecule has 3 nitrogen and oxygen atoms in total. The van der Waals surface area contributed by atoms with Crippen molar-refractivity contribution in [3.05, 3.63) is 12.7 Å². The van der Waals surface area contributed by atoms with Crippen molar-refractivity contribution in [1.82, 2.24) is 0 Å². The van der Waals surface area contributed by atoms with E-state index in [4.69, 9.17) is 5.26 Å². The van der Waals surface area contributed by atoms with E-state index in [1.54, 1.807) is 12.1 Å². The van der Waals surface area contributed by atoms with E-state index in [0.29, 0.717) is 12.8 Å². The molecule has 11 heavy (non-hydrogen) atoms. The Morgan fingerprint density at radius 1 is 1.55 bits per heavy atom. The second-order valence-corrected chi connectivity index (χ2v) is 4.37. The highest BCUT2D eigenvalue weighted by molar-refractivity contribution is 7.91. The molecule has 0 aliphatic carbocycles. The maximum atomic E-state index is 10.8. The van der Waals surface area contributed by atoms with Crippen LogP contribution in [0.4, 0.5) is 0 Å². The van der Waals surface area contributed by atoms with Gasteiger partial charge in [0.1, 0.15) is 5.75 Å². The van der Waals surface area contributed by atoms with Crippen LogP contribution in [0.5, 0.6) is 0 Å². The lowest BCUT2D eigenvalue weighted by Gasteiger charge is -1.95.